The molecular weight excluding hydrogens is 308 g/mol. The Balaban J connectivity index is 1.81. The molecule has 1 saturated heterocycles. The summed E-state index contributed by atoms with van der Waals surface area (Å²) >= 11 is 3.44. The van der Waals surface area contributed by atoms with Crippen LogP contribution in [0, 0.1) is 6.92 Å². The smallest absolute Gasteiger partial charge is 0.242 e. The summed E-state index contributed by atoms with van der Waals surface area (Å²) in [7, 11) is 0. The van der Waals surface area contributed by atoms with E-state index in [0.717, 1.165) is 10.9 Å². The molecular formula is C14H17BrN2O2. The summed E-state index contributed by atoms with van der Waals surface area (Å²) in [5.74, 6) is -0.124. The van der Waals surface area contributed by atoms with E-state index in [2.05, 4.69) is 45.6 Å². The number of carbonyl (C=O) groups excluding carboxylic acids is 2. The van der Waals surface area contributed by atoms with Gasteiger partial charge in [-0.25, -0.2) is 0 Å². The normalized spacial score (nSPS) is 18.2. The van der Waals surface area contributed by atoms with E-state index < -0.39 is 0 Å². The van der Waals surface area contributed by atoms with Crippen molar-refractivity contribution in [3.05, 3.63) is 33.8 Å². The molecule has 0 aromatic heterocycles. The molecule has 0 bridgehead atoms. The highest BCUT2D eigenvalue weighted by atomic mass is 79.9. The van der Waals surface area contributed by atoms with Crippen molar-refractivity contribution in [1.82, 2.24) is 10.6 Å². The van der Waals surface area contributed by atoms with Crippen LogP contribution in [0.4, 0.5) is 0 Å². The van der Waals surface area contributed by atoms with Crippen molar-refractivity contribution in [3.63, 3.8) is 0 Å². The minimum absolute atomic E-state index is 0.0389. The first-order valence-electron chi connectivity index (χ1n) is 6.38. The average molecular weight is 325 g/mol. The molecule has 2 amide bonds. The Labute approximate surface area is 121 Å². The zero-order chi connectivity index (χ0) is 13.8. The SMILES string of the molecule is Cc1ccc(Br)cc1CCNC(=O)C1CCC(=O)N1. The fourth-order valence-corrected chi connectivity index (χ4v) is 2.57. The van der Waals surface area contributed by atoms with Gasteiger partial charge < -0.3 is 10.6 Å². The van der Waals surface area contributed by atoms with Crippen LogP contribution in [0.25, 0.3) is 0 Å². The molecule has 0 aliphatic carbocycles. The molecule has 19 heavy (non-hydrogen) atoms. The van der Waals surface area contributed by atoms with Gasteiger partial charge in [0.2, 0.25) is 11.8 Å². The third-order valence-electron chi connectivity index (χ3n) is 3.32. The number of benzene rings is 1. The Bertz CT molecular complexity index is 502. The Morgan fingerprint density at radius 3 is 3.00 bits per heavy atom. The molecule has 2 rings (SSSR count). The second-order valence-corrected chi connectivity index (χ2v) is 5.69. The highest BCUT2D eigenvalue weighted by Gasteiger charge is 2.26. The number of rotatable bonds is 4. The molecule has 1 aromatic carbocycles. The van der Waals surface area contributed by atoms with E-state index in [0.29, 0.717) is 19.4 Å². The summed E-state index contributed by atoms with van der Waals surface area (Å²) in [6, 6.07) is 5.78. The Kier molecular flexibility index (Phi) is 4.58. The van der Waals surface area contributed by atoms with Crippen LogP contribution in [0.5, 0.6) is 0 Å². The zero-order valence-electron chi connectivity index (χ0n) is 10.8. The molecule has 1 fully saturated rings. The summed E-state index contributed by atoms with van der Waals surface area (Å²) in [6.45, 7) is 2.64. The van der Waals surface area contributed by atoms with Crippen LogP contribution in [0.1, 0.15) is 24.0 Å². The van der Waals surface area contributed by atoms with Gasteiger partial charge in [-0.1, -0.05) is 22.0 Å². The first kappa shape index (κ1) is 14.1. The molecule has 1 aliphatic heterocycles. The van der Waals surface area contributed by atoms with Gasteiger partial charge in [0.25, 0.3) is 0 Å². The van der Waals surface area contributed by atoms with E-state index in [4.69, 9.17) is 0 Å². The highest BCUT2D eigenvalue weighted by Crippen LogP contribution is 2.16. The van der Waals surface area contributed by atoms with Gasteiger partial charge in [0.15, 0.2) is 0 Å². The van der Waals surface area contributed by atoms with Gasteiger partial charge in [0, 0.05) is 17.4 Å². The van der Waals surface area contributed by atoms with Crippen molar-refractivity contribution < 1.29 is 9.59 Å². The van der Waals surface area contributed by atoms with Crippen LogP contribution in [0.3, 0.4) is 0 Å². The molecule has 0 spiro atoms. The van der Waals surface area contributed by atoms with E-state index in [-0.39, 0.29) is 17.9 Å². The number of amides is 2. The lowest BCUT2D eigenvalue weighted by Gasteiger charge is -2.12. The predicted molar refractivity (Wildman–Crippen MR) is 76.8 cm³/mol. The van der Waals surface area contributed by atoms with Crippen molar-refractivity contribution >= 4 is 27.7 Å². The summed E-state index contributed by atoms with van der Waals surface area (Å²) in [6.07, 6.45) is 1.83. The molecule has 0 saturated carbocycles. The van der Waals surface area contributed by atoms with Crippen LogP contribution < -0.4 is 10.6 Å². The first-order valence-corrected chi connectivity index (χ1v) is 7.17. The molecule has 1 aromatic rings. The second-order valence-electron chi connectivity index (χ2n) is 4.77. The summed E-state index contributed by atoms with van der Waals surface area (Å²) in [5, 5.41) is 5.54. The fourth-order valence-electron chi connectivity index (χ4n) is 2.16. The number of hydrogen-bond donors (Lipinski definition) is 2. The van der Waals surface area contributed by atoms with E-state index in [1.165, 1.54) is 11.1 Å². The molecule has 102 valence electrons. The van der Waals surface area contributed by atoms with Crippen LogP contribution in [0.2, 0.25) is 0 Å². The maximum atomic E-state index is 11.8. The quantitative estimate of drug-likeness (QED) is 0.885. The average Bonchev–Trinajstić information content (AvgIpc) is 2.80. The van der Waals surface area contributed by atoms with Crippen LogP contribution in [-0.2, 0) is 16.0 Å². The van der Waals surface area contributed by atoms with Gasteiger partial charge in [0.1, 0.15) is 6.04 Å². The number of carbonyl (C=O) groups is 2. The van der Waals surface area contributed by atoms with Gasteiger partial charge in [-0.05, 0) is 43.0 Å². The lowest BCUT2D eigenvalue weighted by atomic mass is 10.1. The molecule has 1 aliphatic rings. The number of halogens is 1. The van der Waals surface area contributed by atoms with Crippen LogP contribution >= 0.6 is 15.9 Å². The van der Waals surface area contributed by atoms with Crippen LogP contribution in [-0.4, -0.2) is 24.4 Å². The van der Waals surface area contributed by atoms with Crippen molar-refractivity contribution in [1.29, 1.82) is 0 Å². The van der Waals surface area contributed by atoms with Crippen molar-refractivity contribution in [2.24, 2.45) is 0 Å². The van der Waals surface area contributed by atoms with Gasteiger partial charge in [0.05, 0.1) is 0 Å². The van der Waals surface area contributed by atoms with Crippen molar-refractivity contribution in [2.45, 2.75) is 32.2 Å². The Morgan fingerprint density at radius 2 is 2.32 bits per heavy atom. The maximum absolute atomic E-state index is 11.8. The molecule has 1 heterocycles. The van der Waals surface area contributed by atoms with Crippen molar-refractivity contribution in [3.8, 4) is 0 Å². The standard InChI is InChI=1S/C14H17BrN2O2/c1-9-2-3-11(15)8-10(9)6-7-16-14(19)12-4-5-13(18)17-12/h2-3,8,12H,4-7H2,1H3,(H,16,19)(H,17,18). The second kappa shape index (κ2) is 6.19. The lowest BCUT2D eigenvalue weighted by Crippen LogP contribution is -2.42. The monoisotopic (exact) mass is 324 g/mol. The number of aryl methyl sites for hydroxylation is 1. The number of hydrogen-bond acceptors (Lipinski definition) is 2. The van der Waals surface area contributed by atoms with Crippen molar-refractivity contribution in [2.75, 3.05) is 6.54 Å². The molecule has 0 radical (unpaired) electrons. The first-order chi connectivity index (χ1) is 9.06. The molecule has 1 atom stereocenters. The van der Waals surface area contributed by atoms with Gasteiger partial charge in [-0.15, -0.1) is 0 Å². The van der Waals surface area contributed by atoms with Gasteiger partial charge in [-0.3, -0.25) is 9.59 Å². The molecule has 1 unspecified atom stereocenters. The van der Waals surface area contributed by atoms with E-state index in [1.807, 2.05) is 6.07 Å². The lowest BCUT2D eigenvalue weighted by molar-refractivity contribution is -0.125. The minimum atomic E-state index is -0.351. The van der Waals surface area contributed by atoms with E-state index in [1.54, 1.807) is 0 Å². The Morgan fingerprint density at radius 1 is 1.53 bits per heavy atom. The molecule has 2 N–H and O–H groups in total. The topological polar surface area (TPSA) is 58.2 Å². The van der Waals surface area contributed by atoms with E-state index >= 15 is 0 Å². The third-order valence-corrected chi connectivity index (χ3v) is 3.81. The largest absolute Gasteiger partial charge is 0.354 e. The summed E-state index contributed by atoms with van der Waals surface area (Å²) in [5.41, 5.74) is 2.43. The molecule has 4 nitrogen and oxygen atoms in total. The Hall–Kier alpha value is -1.36. The summed E-state index contributed by atoms with van der Waals surface area (Å²) in [4.78, 5) is 22.8. The van der Waals surface area contributed by atoms with Gasteiger partial charge in [-0.2, -0.15) is 0 Å². The zero-order valence-corrected chi connectivity index (χ0v) is 12.4. The highest BCUT2D eigenvalue weighted by molar-refractivity contribution is 9.10. The van der Waals surface area contributed by atoms with Crippen LogP contribution in [0.15, 0.2) is 22.7 Å². The third kappa shape index (κ3) is 3.80. The minimum Gasteiger partial charge on any atom is -0.354 e. The fraction of sp³-hybridized carbons (Fsp3) is 0.429. The van der Waals surface area contributed by atoms with Gasteiger partial charge >= 0.3 is 0 Å². The number of nitrogens with one attached hydrogen (secondary N) is 2. The predicted octanol–water partition coefficient (Wildman–Crippen LogP) is 1.69. The molecule has 5 heteroatoms. The van der Waals surface area contributed by atoms with E-state index in [9.17, 15) is 9.59 Å². The maximum Gasteiger partial charge on any atom is 0.242 e. The summed E-state index contributed by atoms with van der Waals surface area (Å²) < 4.78 is 1.04.